The lowest BCUT2D eigenvalue weighted by molar-refractivity contribution is -0.125. The normalized spacial score (nSPS) is 15.3. The number of benzene rings is 1. The van der Waals surface area contributed by atoms with Crippen LogP contribution in [-0.4, -0.2) is 37.7 Å². The fourth-order valence-electron chi connectivity index (χ4n) is 2.54. The number of halogens is 1. The standard InChI is InChI=1S/C18H21ClN2O5/c1-4-25-16-13(19)7-11(8-14(16)24-3)17(23)26-9-15(22)21-18(2,10-20)12-5-6-12/h7-8,12H,4-6,9H2,1-3H3,(H,21,22)/t18-/m0/s1. The third-order valence-electron chi connectivity index (χ3n) is 4.11. The van der Waals surface area contributed by atoms with Crippen molar-refractivity contribution in [2.75, 3.05) is 20.3 Å². The van der Waals surface area contributed by atoms with Crippen LogP contribution in [0.15, 0.2) is 12.1 Å². The highest BCUT2D eigenvalue weighted by atomic mass is 35.5. The molecular formula is C18H21ClN2O5. The number of hydrogen-bond acceptors (Lipinski definition) is 6. The largest absolute Gasteiger partial charge is 0.493 e. The molecule has 0 aromatic heterocycles. The van der Waals surface area contributed by atoms with E-state index in [4.69, 9.17) is 25.8 Å². The average molecular weight is 381 g/mol. The molecule has 0 bridgehead atoms. The third-order valence-corrected chi connectivity index (χ3v) is 4.39. The summed E-state index contributed by atoms with van der Waals surface area (Å²) in [4.78, 5) is 24.2. The number of amides is 1. The van der Waals surface area contributed by atoms with E-state index in [2.05, 4.69) is 11.4 Å². The lowest BCUT2D eigenvalue weighted by atomic mass is 9.98. The van der Waals surface area contributed by atoms with Gasteiger partial charge >= 0.3 is 5.97 Å². The number of ether oxygens (including phenoxy) is 3. The van der Waals surface area contributed by atoms with Gasteiger partial charge in [-0.3, -0.25) is 4.79 Å². The van der Waals surface area contributed by atoms with Crippen molar-refractivity contribution >= 4 is 23.5 Å². The topological polar surface area (TPSA) is 97.6 Å². The van der Waals surface area contributed by atoms with Crippen LogP contribution in [0.1, 0.15) is 37.0 Å². The van der Waals surface area contributed by atoms with E-state index >= 15 is 0 Å². The van der Waals surface area contributed by atoms with Crippen molar-refractivity contribution in [1.82, 2.24) is 5.32 Å². The van der Waals surface area contributed by atoms with E-state index in [-0.39, 0.29) is 16.5 Å². The molecule has 7 nitrogen and oxygen atoms in total. The summed E-state index contributed by atoms with van der Waals surface area (Å²) in [7, 11) is 1.43. The molecule has 1 N–H and O–H groups in total. The monoisotopic (exact) mass is 380 g/mol. The Labute approximate surface area is 157 Å². The fraction of sp³-hybridized carbons (Fsp3) is 0.500. The van der Waals surface area contributed by atoms with Gasteiger partial charge in [0.25, 0.3) is 5.91 Å². The summed E-state index contributed by atoms with van der Waals surface area (Å²) in [5.74, 6) is -0.491. The van der Waals surface area contributed by atoms with Crippen LogP contribution < -0.4 is 14.8 Å². The van der Waals surface area contributed by atoms with Crippen LogP contribution >= 0.6 is 11.6 Å². The first-order valence-corrected chi connectivity index (χ1v) is 8.62. The summed E-state index contributed by atoms with van der Waals surface area (Å²) in [6, 6.07) is 4.93. The third kappa shape index (κ3) is 4.58. The summed E-state index contributed by atoms with van der Waals surface area (Å²) in [5.41, 5.74) is -0.803. The highest BCUT2D eigenvalue weighted by Gasteiger charge is 2.43. The van der Waals surface area contributed by atoms with Crippen molar-refractivity contribution in [3.05, 3.63) is 22.7 Å². The number of esters is 1. The van der Waals surface area contributed by atoms with E-state index in [0.29, 0.717) is 18.1 Å². The van der Waals surface area contributed by atoms with E-state index < -0.39 is 24.0 Å². The maximum Gasteiger partial charge on any atom is 0.338 e. The molecule has 0 radical (unpaired) electrons. The molecule has 8 heteroatoms. The van der Waals surface area contributed by atoms with Crippen molar-refractivity contribution in [3.63, 3.8) is 0 Å². The van der Waals surface area contributed by atoms with E-state index in [1.807, 2.05) is 0 Å². The Morgan fingerprint density at radius 3 is 2.65 bits per heavy atom. The number of rotatable bonds is 8. The van der Waals surface area contributed by atoms with E-state index in [0.717, 1.165) is 12.8 Å². The number of nitrogens with zero attached hydrogens (tertiary/aromatic N) is 1. The van der Waals surface area contributed by atoms with E-state index in [9.17, 15) is 14.9 Å². The van der Waals surface area contributed by atoms with Crippen LogP contribution in [0.2, 0.25) is 5.02 Å². The van der Waals surface area contributed by atoms with E-state index in [1.54, 1.807) is 13.8 Å². The van der Waals surface area contributed by atoms with Gasteiger partial charge in [-0.25, -0.2) is 4.79 Å². The highest BCUT2D eigenvalue weighted by Crippen LogP contribution is 2.39. The van der Waals surface area contributed by atoms with Gasteiger partial charge < -0.3 is 19.5 Å². The Kier molecular flexibility index (Phi) is 6.32. The van der Waals surface area contributed by atoms with Crippen molar-refractivity contribution < 1.29 is 23.8 Å². The van der Waals surface area contributed by atoms with Crippen molar-refractivity contribution in [2.45, 2.75) is 32.2 Å². The number of carbonyl (C=O) groups is 2. The Morgan fingerprint density at radius 1 is 1.42 bits per heavy atom. The maximum atomic E-state index is 12.2. The Hall–Kier alpha value is -2.46. The van der Waals surface area contributed by atoms with Crippen LogP contribution in [0.3, 0.4) is 0 Å². The van der Waals surface area contributed by atoms with E-state index in [1.165, 1.54) is 19.2 Å². The van der Waals surface area contributed by atoms with Crippen molar-refractivity contribution in [1.29, 1.82) is 5.26 Å². The zero-order valence-corrected chi connectivity index (χ0v) is 15.7. The smallest absolute Gasteiger partial charge is 0.338 e. The number of carbonyl (C=O) groups excluding carboxylic acids is 2. The molecule has 2 rings (SSSR count). The lowest BCUT2D eigenvalue weighted by Crippen LogP contribution is -2.48. The molecule has 0 unspecified atom stereocenters. The van der Waals surface area contributed by atoms with Gasteiger partial charge in [0.05, 0.1) is 30.4 Å². The summed E-state index contributed by atoms with van der Waals surface area (Å²) >= 11 is 6.12. The molecule has 0 heterocycles. The summed E-state index contributed by atoms with van der Waals surface area (Å²) in [5, 5.41) is 12.1. The number of methoxy groups -OCH3 is 1. The van der Waals surface area contributed by atoms with Gasteiger partial charge in [-0.15, -0.1) is 0 Å². The van der Waals surface area contributed by atoms with Crippen LogP contribution in [0, 0.1) is 17.2 Å². The summed E-state index contributed by atoms with van der Waals surface area (Å²) < 4.78 is 15.6. The van der Waals surface area contributed by atoms with Gasteiger partial charge in [-0.1, -0.05) is 11.6 Å². The van der Waals surface area contributed by atoms with Crippen LogP contribution in [0.25, 0.3) is 0 Å². The number of nitrogens with one attached hydrogen (secondary N) is 1. The molecule has 1 saturated carbocycles. The molecule has 0 aliphatic heterocycles. The van der Waals surface area contributed by atoms with Crippen molar-refractivity contribution in [2.24, 2.45) is 5.92 Å². The minimum atomic E-state index is -0.935. The van der Waals surface area contributed by atoms with Crippen LogP contribution in [-0.2, 0) is 9.53 Å². The lowest BCUT2D eigenvalue weighted by Gasteiger charge is -2.22. The predicted octanol–water partition coefficient (Wildman–Crippen LogP) is 2.71. The molecule has 1 aromatic carbocycles. The number of nitriles is 1. The van der Waals surface area contributed by atoms with Crippen LogP contribution in [0.4, 0.5) is 0 Å². The quantitative estimate of drug-likeness (QED) is 0.696. The molecule has 0 saturated heterocycles. The first-order chi connectivity index (χ1) is 12.3. The maximum absolute atomic E-state index is 12.2. The fourth-order valence-corrected chi connectivity index (χ4v) is 2.81. The zero-order chi connectivity index (χ0) is 19.3. The second-order valence-corrected chi connectivity index (χ2v) is 6.54. The molecule has 1 atom stereocenters. The Balaban J connectivity index is 2.00. The summed E-state index contributed by atoms with van der Waals surface area (Å²) in [6.07, 6.45) is 1.79. The van der Waals surface area contributed by atoms with Gasteiger partial charge in [0.1, 0.15) is 5.54 Å². The minimum Gasteiger partial charge on any atom is -0.493 e. The van der Waals surface area contributed by atoms with Gasteiger partial charge in [0.15, 0.2) is 18.1 Å². The Morgan fingerprint density at radius 2 is 2.12 bits per heavy atom. The van der Waals surface area contributed by atoms with Crippen molar-refractivity contribution in [3.8, 4) is 17.6 Å². The average Bonchev–Trinajstić information content (AvgIpc) is 3.46. The van der Waals surface area contributed by atoms with Crippen LogP contribution in [0.5, 0.6) is 11.5 Å². The van der Waals surface area contributed by atoms with Gasteiger partial charge in [-0.05, 0) is 44.7 Å². The molecule has 1 amide bonds. The highest BCUT2D eigenvalue weighted by molar-refractivity contribution is 6.32. The number of hydrogen-bond donors (Lipinski definition) is 1. The zero-order valence-electron chi connectivity index (χ0n) is 14.9. The first kappa shape index (κ1) is 19.9. The predicted molar refractivity (Wildman–Crippen MR) is 94.3 cm³/mol. The second-order valence-electron chi connectivity index (χ2n) is 6.14. The summed E-state index contributed by atoms with van der Waals surface area (Å²) in [6.45, 7) is 3.36. The molecular weight excluding hydrogens is 360 g/mol. The molecule has 1 aliphatic rings. The van der Waals surface area contributed by atoms with Gasteiger partial charge in [0.2, 0.25) is 0 Å². The molecule has 26 heavy (non-hydrogen) atoms. The minimum absolute atomic E-state index is 0.133. The molecule has 1 aromatic rings. The molecule has 0 spiro atoms. The van der Waals surface area contributed by atoms with Gasteiger partial charge in [0, 0.05) is 0 Å². The second kappa shape index (κ2) is 8.28. The SMILES string of the molecule is CCOc1c(Cl)cc(C(=O)OCC(=O)N[C@@](C)(C#N)C2CC2)cc1OC. The first-order valence-electron chi connectivity index (χ1n) is 8.24. The van der Waals surface area contributed by atoms with Gasteiger partial charge in [-0.2, -0.15) is 5.26 Å². The Bertz CT molecular complexity index is 742. The molecule has 140 valence electrons. The molecule has 1 aliphatic carbocycles. The molecule has 1 fully saturated rings.